The predicted octanol–water partition coefficient (Wildman–Crippen LogP) is 2.85. The van der Waals surface area contributed by atoms with Gasteiger partial charge < -0.3 is 5.73 Å². The second-order valence-electron chi connectivity index (χ2n) is 4.90. The van der Waals surface area contributed by atoms with Gasteiger partial charge in [-0.2, -0.15) is 10.1 Å². The summed E-state index contributed by atoms with van der Waals surface area (Å²) in [6.45, 7) is 0.316. The summed E-state index contributed by atoms with van der Waals surface area (Å²) >= 11 is 6.03. The first-order chi connectivity index (χ1) is 11.0. The van der Waals surface area contributed by atoms with Crippen molar-refractivity contribution in [3.63, 3.8) is 0 Å². The Balaban J connectivity index is 1.89. The van der Waals surface area contributed by atoms with Gasteiger partial charge in [-0.1, -0.05) is 11.6 Å². The lowest BCUT2D eigenvalue weighted by atomic mass is 10.1. The molecule has 7 nitrogen and oxygen atoms in total. The highest BCUT2D eigenvalue weighted by molar-refractivity contribution is 6.31. The number of hydrogen-bond donors (Lipinski definition) is 1. The standard InChI is InChI=1S/C15H13ClN6O/c1-22-14(23)7-13(20-15(22)17)21-19-8-9-4-5-18-12-3-2-10(16)6-11(9)12/h2-7H,8H2,1H3,(H2,17,20). The number of halogens is 1. The van der Waals surface area contributed by atoms with Crippen molar-refractivity contribution in [2.75, 3.05) is 5.73 Å². The van der Waals surface area contributed by atoms with Crippen LogP contribution < -0.4 is 11.3 Å². The van der Waals surface area contributed by atoms with Crippen LogP contribution in [0.25, 0.3) is 10.9 Å². The number of aromatic nitrogens is 3. The SMILES string of the molecule is Cn1c(N)nc(N=NCc2ccnc3ccc(Cl)cc23)cc1=O. The van der Waals surface area contributed by atoms with Crippen LogP contribution in [0.2, 0.25) is 5.02 Å². The summed E-state index contributed by atoms with van der Waals surface area (Å²) in [6.07, 6.45) is 1.70. The van der Waals surface area contributed by atoms with Crippen molar-refractivity contribution in [1.29, 1.82) is 0 Å². The van der Waals surface area contributed by atoms with Crippen LogP contribution in [0.1, 0.15) is 5.56 Å². The van der Waals surface area contributed by atoms with Crippen LogP contribution in [0, 0.1) is 0 Å². The van der Waals surface area contributed by atoms with Gasteiger partial charge in [0.25, 0.3) is 5.56 Å². The Hall–Kier alpha value is -2.80. The summed E-state index contributed by atoms with van der Waals surface area (Å²) in [6, 6.07) is 8.60. The molecule has 0 spiro atoms. The van der Waals surface area contributed by atoms with Crippen LogP contribution in [0.3, 0.4) is 0 Å². The molecule has 0 radical (unpaired) electrons. The van der Waals surface area contributed by atoms with Gasteiger partial charge in [-0.3, -0.25) is 14.3 Å². The molecule has 8 heteroatoms. The van der Waals surface area contributed by atoms with E-state index >= 15 is 0 Å². The minimum atomic E-state index is -0.285. The Morgan fingerprint density at radius 1 is 1.30 bits per heavy atom. The molecular weight excluding hydrogens is 316 g/mol. The first-order valence-corrected chi connectivity index (χ1v) is 7.16. The summed E-state index contributed by atoms with van der Waals surface area (Å²) < 4.78 is 1.23. The molecule has 2 aromatic heterocycles. The third-order valence-electron chi connectivity index (χ3n) is 3.36. The lowest BCUT2D eigenvalue weighted by Gasteiger charge is -2.03. The molecule has 0 aliphatic heterocycles. The van der Waals surface area contributed by atoms with E-state index < -0.39 is 0 Å². The molecule has 2 heterocycles. The zero-order chi connectivity index (χ0) is 16.4. The third kappa shape index (κ3) is 3.19. The first-order valence-electron chi connectivity index (χ1n) is 6.79. The highest BCUT2D eigenvalue weighted by Gasteiger charge is 2.04. The lowest BCUT2D eigenvalue weighted by molar-refractivity contribution is 0.835. The molecule has 0 bridgehead atoms. The zero-order valence-electron chi connectivity index (χ0n) is 12.3. The number of pyridine rings is 1. The van der Waals surface area contributed by atoms with Crippen molar-refractivity contribution in [3.8, 4) is 0 Å². The topological polar surface area (TPSA) is 98.5 Å². The quantitative estimate of drug-likeness (QED) is 0.747. The maximum absolute atomic E-state index is 11.6. The number of hydrogen-bond acceptors (Lipinski definition) is 6. The molecule has 0 aliphatic carbocycles. The molecular formula is C15H13ClN6O. The largest absolute Gasteiger partial charge is 0.369 e. The molecule has 3 rings (SSSR count). The van der Waals surface area contributed by atoms with E-state index in [0.717, 1.165) is 16.5 Å². The fraction of sp³-hybridized carbons (Fsp3) is 0.133. The summed E-state index contributed by atoms with van der Waals surface area (Å²) in [5.41, 5.74) is 7.10. The zero-order valence-corrected chi connectivity index (χ0v) is 13.0. The van der Waals surface area contributed by atoms with Gasteiger partial charge in [0.15, 0.2) is 5.82 Å². The van der Waals surface area contributed by atoms with E-state index in [1.165, 1.54) is 10.6 Å². The maximum atomic E-state index is 11.6. The van der Waals surface area contributed by atoms with Crippen LogP contribution in [0.5, 0.6) is 0 Å². The summed E-state index contributed by atoms with van der Waals surface area (Å²) in [7, 11) is 1.54. The fourth-order valence-electron chi connectivity index (χ4n) is 2.09. The molecule has 2 N–H and O–H groups in total. The number of fused-ring (bicyclic) bond motifs is 1. The van der Waals surface area contributed by atoms with E-state index in [0.29, 0.717) is 11.6 Å². The van der Waals surface area contributed by atoms with Crippen LogP contribution in [0.4, 0.5) is 11.8 Å². The average Bonchev–Trinajstić information content (AvgIpc) is 2.53. The van der Waals surface area contributed by atoms with Crippen LogP contribution >= 0.6 is 11.6 Å². The Labute approximate surface area is 136 Å². The van der Waals surface area contributed by atoms with Gasteiger partial charge in [0.1, 0.15) is 0 Å². The number of benzene rings is 1. The first kappa shape index (κ1) is 15.1. The number of anilines is 1. The molecule has 23 heavy (non-hydrogen) atoms. The summed E-state index contributed by atoms with van der Waals surface area (Å²) in [5, 5.41) is 9.59. The van der Waals surface area contributed by atoms with Gasteiger partial charge in [-0.25, -0.2) is 0 Å². The van der Waals surface area contributed by atoms with Crippen molar-refractivity contribution in [2.45, 2.75) is 6.54 Å². The molecule has 0 saturated heterocycles. The maximum Gasteiger partial charge on any atom is 0.256 e. The van der Waals surface area contributed by atoms with E-state index in [4.69, 9.17) is 17.3 Å². The highest BCUT2D eigenvalue weighted by atomic mass is 35.5. The number of nitrogen functional groups attached to an aromatic ring is 1. The number of azo groups is 1. The van der Waals surface area contributed by atoms with Crippen molar-refractivity contribution < 1.29 is 0 Å². The van der Waals surface area contributed by atoms with Crippen molar-refractivity contribution in [3.05, 3.63) is 57.5 Å². The van der Waals surface area contributed by atoms with Crippen molar-refractivity contribution in [1.82, 2.24) is 14.5 Å². The van der Waals surface area contributed by atoms with Crippen molar-refractivity contribution in [2.24, 2.45) is 17.3 Å². The van der Waals surface area contributed by atoms with Crippen LogP contribution in [0.15, 0.2) is 51.6 Å². The average molecular weight is 329 g/mol. The molecule has 0 fully saturated rings. The van der Waals surface area contributed by atoms with Crippen LogP contribution in [-0.4, -0.2) is 14.5 Å². The van der Waals surface area contributed by atoms with E-state index in [2.05, 4.69) is 20.2 Å². The van der Waals surface area contributed by atoms with E-state index in [1.54, 1.807) is 19.3 Å². The van der Waals surface area contributed by atoms with Gasteiger partial charge in [0.05, 0.1) is 18.1 Å². The van der Waals surface area contributed by atoms with Crippen molar-refractivity contribution >= 4 is 34.3 Å². The van der Waals surface area contributed by atoms with Gasteiger partial charge in [0.2, 0.25) is 5.95 Å². The normalized spacial score (nSPS) is 11.4. The van der Waals surface area contributed by atoms with Crippen LogP contribution in [-0.2, 0) is 13.6 Å². The Kier molecular flexibility index (Phi) is 4.03. The summed E-state index contributed by atoms with van der Waals surface area (Å²) in [4.78, 5) is 19.9. The second-order valence-corrected chi connectivity index (χ2v) is 5.34. The molecule has 3 aromatic rings. The number of nitrogens with zero attached hydrogens (tertiary/aromatic N) is 5. The number of nitrogens with two attached hydrogens (primary N) is 1. The number of rotatable bonds is 3. The molecule has 116 valence electrons. The molecule has 0 saturated carbocycles. The van der Waals surface area contributed by atoms with Gasteiger partial charge in [-0.15, -0.1) is 5.11 Å². The molecule has 0 unspecified atom stereocenters. The summed E-state index contributed by atoms with van der Waals surface area (Å²) in [5.74, 6) is 0.273. The minimum absolute atomic E-state index is 0.0904. The van der Waals surface area contributed by atoms with Gasteiger partial charge >= 0.3 is 0 Å². The Morgan fingerprint density at radius 3 is 2.91 bits per heavy atom. The van der Waals surface area contributed by atoms with E-state index in [-0.39, 0.29) is 17.3 Å². The molecule has 0 aliphatic rings. The fourth-order valence-corrected chi connectivity index (χ4v) is 2.27. The van der Waals surface area contributed by atoms with Gasteiger partial charge in [-0.05, 0) is 29.8 Å². The van der Waals surface area contributed by atoms with E-state index in [9.17, 15) is 4.79 Å². The minimum Gasteiger partial charge on any atom is -0.369 e. The lowest BCUT2D eigenvalue weighted by Crippen LogP contribution is -2.19. The smallest absolute Gasteiger partial charge is 0.256 e. The van der Waals surface area contributed by atoms with E-state index in [1.807, 2.05) is 18.2 Å². The molecule has 1 aromatic carbocycles. The molecule has 0 atom stereocenters. The third-order valence-corrected chi connectivity index (χ3v) is 3.60. The molecule has 0 amide bonds. The second kappa shape index (κ2) is 6.13. The van der Waals surface area contributed by atoms with Gasteiger partial charge in [0, 0.05) is 23.7 Å². The Bertz CT molecular complexity index is 966. The predicted molar refractivity (Wildman–Crippen MR) is 88.9 cm³/mol. The monoisotopic (exact) mass is 328 g/mol. The Morgan fingerprint density at radius 2 is 2.13 bits per heavy atom. The highest BCUT2D eigenvalue weighted by Crippen LogP contribution is 2.22.